The number of rotatable bonds is 8. The lowest BCUT2D eigenvalue weighted by Crippen LogP contribution is -2.19. The average molecular weight is 466 g/mol. The summed E-state index contributed by atoms with van der Waals surface area (Å²) in [6.07, 6.45) is 0.205. The van der Waals surface area contributed by atoms with Gasteiger partial charge in [-0.2, -0.15) is 5.10 Å². The molecule has 8 heteroatoms. The minimum Gasteiger partial charge on any atom is -0.497 e. The van der Waals surface area contributed by atoms with Gasteiger partial charge >= 0.3 is 12.1 Å². The highest BCUT2D eigenvalue weighted by molar-refractivity contribution is 5.85. The third-order valence-electron chi connectivity index (χ3n) is 5.06. The quantitative estimate of drug-likeness (QED) is 0.455. The van der Waals surface area contributed by atoms with E-state index in [-0.39, 0.29) is 11.4 Å². The van der Waals surface area contributed by atoms with Crippen molar-refractivity contribution in [1.29, 1.82) is 0 Å². The fraction of sp³-hybridized carbons (Fsp3) is 0.346. The predicted molar refractivity (Wildman–Crippen MR) is 130 cm³/mol. The Morgan fingerprint density at radius 1 is 1.03 bits per heavy atom. The number of hydrogen-bond acceptors (Lipinski definition) is 6. The molecule has 0 fully saturated rings. The largest absolute Gasteiger partial charge is 0.497 e. The second kappa shape index (κ2) is 10.9. The van der Waals surface area contributed by atoms with E-state index in [1.54, 1.807) is 43.0 Å². The summed E-state index contributed by atoms with van der Waals surface area (Å²) < 4.78 is 17.2. The Kier molecular flexibility index (Phi) is 7.94. The molecule has 3 aromatic rings. The predicted octanol–water partition coefficient (Wildman–Crippen LogP) is 5.29. The highest BCUT2D eigenvalue weighted by atomic mass is 16.6. The van der Waals surface area contributed by atoms with Crippen molar-refractivity contribution in [3.63, 3.8) is 0 Å². The van der Waals surface area contributed by atoms with Gasteiger partial charge in [0.2, 0.25) is 0 Å². The number of benzene rings is 2. The number of anilines is 1. The summed E-state index contributed by atoms with van der Waals surface area (Å²) in [5.41, 5.74) is 2.30. The van der Waals surface area contributed by atoms with E-state index in [4.69, 9.17) is 19.3 Å². The third-order valence-corrected chi connectivity index (χ3v) is 5.06. The molecular formula is C26H31N3O5. The van der Waals surface area contributed by atoms with E-state index < -0.39 is 6.09 Å². The average Bonchev–Trinajstić information content (AvgIpc) is 3.23. The topological polar surface area (TPSA) is 91.7 Å². The van der Waals surface area contributed by atoms with Gasteiger partial charge in [0.25, 0.3) is 0 Å². The molecule has 0 bridgehead atoms. The summed E-state index contributed by atoms with van der Waals surface area (Å²) >= 11 is 0. The molecular weight excluding hydrogens is 434 g/mol. The smallest absolute Gasteiger partial charge is 0.418 e. The molecule has 0 aliphatic heterocycles. The maximum atomic E-state index is 12.6. The number of carbonyl (C=O) groups excluding carboxylic acids is 2. The van der Waals surface area contributed by atoms with Gasteiger partial charge in [-0.1, -0.05) is 32.9 Å². The first-order valence-corrected chi connectivity index (χ1v) is 11.2. The number of ether oxygens (including phenoxy) is 3. The Balaban J connectivity index is 1.83. The van der Waals surface area contributed by atoms with Gasteiger partial charge in [0.1, 0.15) is 17.3 Å². The lowest BCUT2D eigenvalue weighted by Gasteiger charge is -2.14. The van der Waals surface area contributed by atoms with Crippen molar-refractivity contribution in [2.45, 2.75) is 46.0 Å². The summed E-state index contributed by atoms with van der Waals surface area (Å²) in [6, 6.07) is 16.3. The highest BCUT2D eigenvalue weighted by Crippen LogP contribution is 2.27. The van der Waals surface area contributed by atoms with E-state index in [9.17, 15) is 9.59 Å². The van der Waals surface area contributed by atoms with Crippen molar-refractivity contribution in [3.8, 4) is 17.2 Å². The van der Waals surface area contributed by atoms with Crippen LogP contribution in [0.15, 0.2) is 54.6 Å². The number of aromatic nitrogens is 2. The monoisotopic (exact) mass is 465 g/mol. The van der Waals surface area contributed by atoms with E-state index >= 15 is 0 Å². The van der Waals surface area contributed by atoms with Crippen LogP contribution < -0.4 is 14.8 Å². The molecule has 0 unspecified atom stereocenters. The standard InChI is InChI=1S/C26H31N3O5/c1-6-33-24(30)15-10-18-8-7-9-19(16-18)29-23(17-22(28-29)26(2,3)4)27-25(31)34-21-13-11-20(32-5)12-14-21/h7-9,11-14,16-17H,6,10,15H2,1-5H3,(H,27,31). The molecule has 1 amide bonds. The third kappa shape index (κ3) is 6.60. The van der Waals surface area contributed by atoms with Gasteiger partial charge in [-0.25, -0.2) is 9.48 Å². The van der Waals surface area contributed by atoms with Crippen LogP contribution in [0.2, 0.25) is 0 Å². The van der Waals surface area contributed by atoms with Gasteiger partial charge in [0.15, 0.2) is 0 Å². The van der Waals surface area contributed by atoms with Crippen molar-refractivity contribution in [1.82, 2.24) is 9.78 Å². The minimum atomic E-state index is -0.634. The Morgan fingerprint density at radius 3 is 2.38 bits per heavy atom. The summed E-state index contributed by atoms with van der Waals surface area (Å²) in [5.74, 6) is 1.31. The van der Waals surface area contributed by atoms with Crippen molar-refractivity contribution in [2.75, 3.05) is 19.0 Å². The van der Waals surface area contributed by atoms with Gasteiger partial charge in [0, 0.05) is 17.9 Å². The van der Waals surface area contributed by atoms with Crippen LogP contribution in [0.3, 0.4) is 0 Å². The van der Waals surface area contributed by atoms with Crippen LogP contribution in [0, 0.1) is 0 Å². The van der Waals surface area contributed by atoms with Crippen molar-refractivity contribution in [2.24, 2.45) is 0 Å². The van der Waals surface area contributed by atoms with Gasteiger partial charge in [-0.15, -0.1) is 0 Å². The lowest BCUT2D eigenvalue weighted by molar-refractivity contribution is -0.143. The van der Waals surface area contributed by atoms with Crippen LogP contribution in [0.25, 0.3) is 5.69 Å². The zero-order chi connectivity index (χ0) is 24.7. The van der Waals surface area contributed by atoms with Gasteiger partial charge in [0.05, 0.1) is 25.1 Å². The second-order valence-electron chi connectivity index (χ2n) is 8.74. The maximum Gasteiger partial charge on any atom is 0.418 e. The van der Waals surface area contributed by atoms with E-state index in [0.717, 1.165) is 16.9 Å². The molecule has 34 heavy (non-hydrogen) atoms. The van der Waals surface area contributed by atoms with Crippen LogP contribution in [0.5, 0.6) is 11.5 Å². The second-order valence-corrected chi connectivity index (χ2v) is 8.74. The number of aryl methyl sites for hydroxylation is 1. The van der Waals surface area contributed by atoms with E-state index in [1.165, 1.54) is 0 Å². The zero-order valence-electron chi connectivity index (χ0n) is 20.3. The Hall–Kier alpha value is -3.81. The first-order valence-electron chi connectivity index (χ1n) is 11.2. The van der Waals surface area contributed by atoms with Crippen LogP contribution in [-0.4, -0.2) is 35.6 Å². The lowest BCUT2D eigenvalue weighted by atomic mass is 9.92. The van der Waals surface area contributed by atoms with Crippen LogP contribution in [0.1, 0.15) is 45.4 Å². The number of nitrogens with zero attached hydrogens (tertiary/aromatic N) is 2. The van der Waals surface area contributed by atoms with E-state index in [0.29, 0.717) is 36.8 Å². The molecule has 0 saturated carbocycles. The fourth-order valence-electron chi connectivity index (χ4n) is 3.24. The van der Waals surface area contributed by atoms with Crippen LogP contribution in [-0.2, 0) is 21.4 Å². The summed E-state index contributed by atoms with van der Waals surface area (Å²) in [5, 5.41) is 7.54. The molecule has 2 aromatic carbocycles. The molecule has 180 valence electrons. The Labute approximate surface area is 199 Å². The molecule has 0 saturated heterocycles. The molecule has 0 spiro atoms. The van der Waals surface area contributed by atoms with Gasteiger partial charge in [-0.05, 0) is 55.3 Å². The fourth-order valence-corrected chi connectivity index (χ4v) is 3.24. The number of esters is 1. The van der Waals surface area contributed by atoms with Crippen molar-refractivity contribution in [3.05, 3.63) is 65.9 Å². The van der Waals surface area contributed by atoms with Crippen LogP contribution >= 0.6 is 0 Å². The summed E-state index contributed by atoms with van der Waals surface area (Å²) in [4.78, 5) is 24.4. The number of carbonyl (C=O) groups is 2. The highest BCUT2D eigenvalue weighted by Gasteiger charge is 2.22. The number of hydrogen-bond donors (Lipinski definition) is 1. The molecule has 0 radical (unpaired) electrons. The number of nitrogens with one attached hydrogen (secondary N) is 1. The Bertz CT molecular complexity index is 1130. The Morgan fingerprint density at radius 2 is 1.74 bits per heavy atom. The normalized spacial score (nSPS) is 11.1. The maximum absolute atomic E-state index is 12.6. The summed E-state index contributed by atoms with van der Waals surface area (Å²) in [6.45, 7) is 8.30. The molecule has 0 aliphatic rings. The SMILES string of the molecule is CCOC(=O)CCc1cccc(-n2nc(C(C)(C)C)cc2NC(=O)Oc2ccc(OC)cc2)c1. The van der Waals surface area contributed by atoms with Gasteiger partial charge < -0.3 is 14.2 Å². The van der Waals surface area contributed by atoms with Gasteiger partial charge in [-0.3, -0.25) is 10.1 Å². The summed E-state index contributed by atoms with van der Waals surface area (Å²) in [7, 11) is 1.57. The molecule has 0 atom stereocenters. The molecule has 1 heterocycles. The van der Waals surface area contributed by atoms with Crippen LogP contribution in [0.4, 0.5) is 10.6 Å². The van der Waals surface area contributed by atoms with Crippen molar-refractivity contribution < 1.29 is 23.8 Å². The molecule has 1 aromatic heterocycles. The molecule has 0 aliphatic carbocycles. The minimum absolute atomic E-state index is 0.231. The number of amides is 1. The van der Waals surface area contributed by atoms with E-state index in [1.807, 2.05) is 30.3 Å². The molecule has 3 rings (SSSR count). The zero-order valence-corrected chi connectivity index (χ0v) is 20.3. The molecule has 8 nitrogen and oxygen atoms in total. The first-order chi connectivity index (χ1) is 16.2. The van der Waals surface area contributed by atoms with Crippen molar-refractivity contribution >= 4 is 17.9 Å². The van der Waals surface area contributed by atoms with E-state index in [2.05, 4.69) is 26.1 Å². The number of methoxy groups -OCH3 is 1. The first kappa shape index (κ1) is 24.8. The molecule has 1 N–H and O–H groups in total.